The minimum absolute atomic E-state index is 0.00294. The van der Waals surface area contributed by atoms with Crippen LogP contribution < -0.4 is 25.5 Å². The van der Waals surface area contributed by atoms with E-state index in [9.17, 15) is 0 Å². The monoisotopic (exact) mass is 1130 g/mol. The highest BCUT2D eigenvalue weighted by atomic mass is 32.1. The fourth-order valence-electron chi connectivity index (χ4n) is 15.5. The second kappa shape index (κ2) is 18.3. The van der Waals surface area contributed by atoms with Gasteiger partial charge in [0, 0.05) is 70.9 Å². The molecule has 6 heteroatoms. The highest BCUT2D eigenvalue weighted by Crippen LogP contribution is 2.58. The Balaban J connectivity index is 1.10. The van der Waals surface area contributed by atoms with Crippen LogP contribution >= 0.6 is 11.3 Å². The Morgan fingerprint density at radius 3 is 1.68 bits per heavy atom. The molecular weight excluding hydrogens is 1050 g/mol. The summed E-state index contributed by atoms with van der Waals surface area (Å²) in [4.78, 5) is 7.99. The van der Waals surface area contributed by atoms with Gasteiger partial charge in [0.1, 0.15) is 11.2 Å². The summed E-state index contributed by atoms with van der Waals surface area (Å²) in [7, 11) is 0. The van der Waals surface area contributed by atoms with Gasteiger partial charge in [0.15, 0.2) is 0 Å². The summed E-state index contributed by atoms with van der Waals surface area (Å²) in [6.07, 6.45) is 4.59. The van der Waals surface area contributed by atoms with Crippen LogP contribution in [0, 0.1) is 6.92 Å². The number of furan rings is 1. The van der Waals surface area contributed by atoms with Gasteiger partial charge < -0.3 is 19.0 Å². The molecule has 0 N–H and O–H groups in total. The minimum atomic E-state index is -0.239. The molecule has 11 aromatic rings. The maximum Gasteiger partial charge on any atom is 0.333 e. The predicted octanol–water partition coefficient (Wildman–Crippen LogP) is 21.7. The van der Waals surface area contributed by atoms with Gasteiger partial charge >= 0.3 is 6.85 Å². The second-order valence-electron chi connectivity index (χ2n) is 30.3. The quantitative estimate of drug-likeness (QED) is 0.160. The average molecular weight is 1130 g/mol. The first-order valence-electron chi connectivity index (χ1n) is 31.3. The summed E-state index contributed by atoms with van der Waals surface area (Å²) < 4.78 is 9.59. The Kier molecular flexibility index (Phi) is 11.6. The largest absolute Gasteiger partial charge is 0.456 e. The van der Waals surface area contributed by atoms with Crippen LogP contribution in [-0.4, -0.2) is 6.85 Å². The fourth-order valence-corrected chi connectivity index (χ4v) is 16.7. The summed E-state index contributed by atoms with van der Waals surface area (Å²) in [5.74, 6) is 0. The van der Waals surface area contributed by atoms with Gasteiger partial charge in [-0.1, -0.05) is 182 Å². The van der Waals surface area contributed by atoms with Crippen LogP contribution in [-0.2, 0) is 32.5 Å². The molecule has 15 rings (SSSR count). The van der Waals surface area contributed by atoms with Crippen LogP contribution in [0.25, 0.3) is 53.2 Å². The second-order valence-corrected chi connectivity index (χ2v) is 31.4. The number of hydrogen-bond donors (Lipinski definition) is 0. The minimum Gasteiger partial charge on any atom is -0.456 e. The lowest BCUT2D eigenvalue weighted by atomic mass is 9.43. The van der Waals surface area contributed by atoms with Gasteiger partial charge in [-0.25, -0.2) is 0 Å². The molecule has 426 valence electrons. The summed E-state index contributed by atoms with van der Waals surface area (Å²) in [5.41, 5.74) is 26.3. The number of benzene rings is 9. The molecule has 0 saturated carbocycles. The molecular formula is C79H80BN3OS. The zero-order valence-corrected chi connectivity index (χ0v) is 53.5. The van der Waals surface area contributed by atoms with Crippen LogP contribution in [0.1, 0.15) is 162 Å². The zero-order valence-electron chi connectivity index (χ0n) is 52.7. The van der Waals surface area contributed by atoms with Crippen LogP contribution in [0.4, 0.5) is 45.5 Å². The molecule has 0 fully saturated rings. The van der Waals surface area contributed by atoms with Crippen LogP contribution in [0.3, 0.4) is 0 Å². The number of aryl methyl sites for hydroxylation is 1. The highest BCUT2D eigenvalue weighted by Gasteiger charge is 2.49. The lowest BCUT2D eigenvalue weighted by molar-refractivity contribution is 0.332. The van der Waals surface area contributed by atoms with Crippen molar-refractivity contribution in [3.05, 3.63) is 203 Å². The average Bonchev–Trinajstić information content (AvgIpc) is 1.67. The molecule has 0 radical (unpaired) electrons. The van der Waals surface area contributed by atoms with Gasteiger partial charge in [-0.15, -0.1) is 11.3 Å². The van der Waals surface area contributed by atoms with E-state index in [0.29, 0.717) is 0 Å². The molecule has 0 bridgehead atoms. The Bertz CT molecular complexity index is 4540. The highest BCUT2D eigenvalue weighted by molar-refractivity contribution is 7.26. The number of hydrogen-bond acceptors (Lipinski definition) is 5. The number of fused-ring (bicyclic) bond motifs is 14. The topological polar surface area (TPSA) is 22.9 Å². The molecule has 0 spiro atoms. The molecule has 0 saturated heterocycles. The van der Waals surface area contributed by atoms with E-state index in [-0.39, 0.29) is 39.3 Å². The Morgan fingerprint density at radius 1 is 0.482 bits per heavy atom. The molecule has 0 atom stereocenters. The summed E-state index contributed by atoms with van der Waals surface area (Å²) in [6.45, 7) is 35.7. The van der Waals surface area contributed by atoms with Crippen molar-refractivity contribution in [1.82, 2.24) is 0 Å². The van der Waals surface area contributed by atoms with E-state index in [4.69, 9.17) is 4.42 Å². The van der Waals surface area contributed by atoms with Crippen molar-refractivity contribution in [2.75, 3.05) is 14.6 Å². The molecule has 2 aromatic heterocycles. The maximum absolute atomic E-state index is 7.00. The Morgan fingerprint density at radius 2 is 1.05 bits per heavy atom. The normalized spacial score (nSPS) is 17.2. The first-order valence-corrected chi connectivity index (χ1v) is 32.1. The summed E-state index contributed by atoms with van der Waals surface area (Å²) >= 11 is 1.93. The predicted molar refractivity (Wildman–Crippen MR) is 368 cm³/mol. The maximum atomic E-state index is 7.00. The van der Waals surface area contributed by atoms with Gasteiger partial charge in [-0.2, -0.15) is 0 Å². The third-order valence-corrected chi connectivity index (χ3v) is 21.9. The Hall–Kier alpha value is -7.54. The van der Waals surface area contributed by atoms with Crippen molar-refractivity contribution >= 4 is 117 Å². The number of nitrogens with zero attached hydrogens (tertiary/aromatic N) is 3. The molecule has 85 heavy (non-hydrogen) atoms. The number of rotatable bonds is 5. The third-order valence-electron chi connectivity index (χ3n) is 20.8. The van der Waals surface area contributed by atoms with E-state index in [1.807, 2.05) is 11.3 Å². The summed E-state index contributed by atoms with van der Waals surface area (Å²) in [6, 6.07) is 64.1. The molecule has 0 amide bonds. The zero-order chi connectivity index (χ0) is 59.2. The van der Waals surface area contributed by atoms with Crippen molar-refractivity contribution in [3.8, 4) is 11.1 Å². The fraction of sp³-hybridized carbons (Fsp3) is 0.316. The lowest BCUT2D eigenvalue weighted by Crippen LogP contribution is -2.61. The summed E-state index contributed by atoms with van der Waals surface area (Å²) in [5, 5.41) is 4.94. The van der Waals surface area contributed by atoms with Crippen molar-refractivity contribution in [1.29, 1.82) is 0 Å². The van der Waals surface area contributed by atoms with Crippen molar-refractivity contribution in [2.24, 2.45) is 0 Å². The van der Waals surface area contributed by atoms with E-state index in [2.05, 4.69) is 282 Å². The third kappa shape index (κ3) is 8.19. The SMILES string of the molecule is Cc1cc2c(cc1N1c3cc4sc5ccccc5c4c4c3B(c3ccc5oc6ccccc6c5c31)N(c1ccc3c(c1)C(C)(C)CCC3(C)C)c1cc(N(c3ccc(C(C)(C)C)cc3)c3ccc(C(C)(C)C)cc3)ccc1-4)C(C)(C)CCC2(C)C. The van der Waals surface area contributed by atoms with E-state index in [0.717, 1.165) is 64.7 Å². The molecule has 4 heterocycles. The standard InChI is InChI=1S/C79H80BN3OS/c1-47-42-58-60(79(14,15)41-40-77(58,10)11)45-62(47)82-64-46-68-70(56-21-17-19-23-67(56)85-68)71-54-34-32-52(81(50-28-24-48(25-29-50)74(2,3)4)51-30-26-49(27-31-51)75(5,6)7)44-63(54)83(53-33-35-57-59(43-53)78(12,13)39-38-76(57,8)9)80(72(64)71)61-36-37-66-69(73(61)82)55-20-16-18-22-65(55)84-66/h16-37,42-46H,38-41H2,1-15H3. The molecule has 9 aromatic carbocycles. The van der Waals surface area contributed by atoms with Crippen LogP contribution in [0.5, 0.6) is 0 Å². The molecule has 4 nitrogen and oxygen atoms in total. The number of para-hydroxylation sites is 1. The molecule has 2 aliphatic heterocycles. The number of anilines is 8. The first kappa shape index (κ1) is 54.1. The van der Waals surface area contributed by atoms with E-state index >= 15 is 0 Å². The number of thiophene rings is 1. The molecule has 4 aliphatic rings. The van der Waals surface area contributed by atoms with E-state index in [1.165, 1.54) is 110 Å². The van der Waals surface area contributed by atoms with Crippen LogP contribution in [0.2, 0.25) is 0 Å². The lowest BCUT2D eigenvalue weighted by Gasteiger charge is -2.48. The van der Waals surface area contributed by atoms with Crippen LogP contribution in [0.15, 0.2) is 168 Å². The van der Waals surface area contributed by atoms with Gasteiger partial charge in [0.05, 0.1) is 11.1 Å². The van der Waals surface area contributed by atoms with E-state index in [1.54, 1.807) is 0 Å². The smallest absolute Gasteiger partial charge is 0.333 e. The van der Waals surface area contributed by atoms with Gasteiger partial charge in [-0.3, -0.25) is 0 Å². The van der Waals surface area contributed by atoms with Gasteiger partial charge in [0.2, 0.25) is 0 Å². The van der Waals surface area contributed by atoms with Crippen molar-refractivity contribution in [2.45, 2.75) is 162 Å². The van der Waals surface area contributed by atoms with Crippen molar-refractivity contribution in [3.63, 3.8) is 0 Å². The molecule has 0 unspecified atom stereocenters. The first-order chi connectivity index (χ1) is 40.3. The van der Waals surface area contributed by atoms with E-state index < -0.39 is 0 Å². The van der Waals surface area contributed by atoms with Crippen molar-refractivity contribution < 1.29 is 4.42 Å². The Labute approximate surface area is 508 Å². The molecule has 2 aliphatic carbocycles. The van der Waals surface area contributed by atoms with Gasteiger partial charge in [-0.05, 0) is 199 Å². The van der Waals surface area contributed by atoms with Gasteiger partial charge in [0.25, 0.3) is 0 Å².